The predicted molar refractivity (Wildman–Crippen MR) is 111 cm³/mol. The lowest BCUT2D eigenvalue weighted by molar-refractivity contribution is -0.143. The summed E-state index contributed by atoms with van der Waals surface area (Å²) in [6, 6.07) is 10.9. The summed E-state index contributed by atoms with van der Waals surface area (Å²) < 4.78 is 25.8. The Balaban J connectivity index is 1.62. The third-order valence-corrected chi connectivity index (χ3v) is 4.47. The van der Waals surface area contributed by atoms with E-state index in [1.807, 2.05) is 0 Å². The number of methoxy groups -OCH3 is 3. The molecule has 0 fully saturated rings. The summed E-state index contributed by atoms with van der Waals surface area (Å²) in [5, 5.41) is 3.09. The van der Waals surface area contributed by atoms with E-state index in [2.05, 4.69) is 5.32 Å². The molecular weight excluding hydrogens is 406 g/mol. The van der Waals surface area contributed by atoms with E-state index in [9.17, 15) is 14.4 Å². The fraction of sp³-hybridized carbons (Fsp3) is 0.227. The Morgan fingerprint density at radius 2 is 1.71 bits per heavy atom. The van der Waals surface area contributed by atoms with Crippen LogP contribution in [-0.4, -0.2) is 39.8 Å². The van der Waals surface area contributed by atoms with Gasteiger partial charge in [0.05, 0.1) is 21.3 Å². The van der Waals surface area contributed by atoms with Crippen LogP contribution >= 0.6 is 0 Å². The summed E-state index contributed by atoms with van der Waals surface area (Å²) in [4.78, 5) is 36.2. The first-order chi connectivity index (χ1) is 14.9. The number of esters is 1. The number of nitrogens with one attached hydrogen (secondary N) is 1. The zero-order valence-electron chi connectivity index (χ0n) is 17.2. The Hall–Kier alpha value is -4.01. The number of fused-ring (bicyclic) bond motifs is 1. The fourth-order valence-corrected chi connectivity index (χ4v) is 2.90. The third-order valence-electron chi connectivity index (χ3n) is 4.47. The van der Waals surface area contributed by atoms with Crippen LogP contribution in [0.5, 0.6) is 17.2 Å². The Bertz CT molecular complexity index is 1170. The smallest absolute Gasteiger partial charge is 0.336 e. The molecule has 0 bridgehead atoms. The van der Waals surface area contributed by atoms with Crippen LogP contribution in [-0.2, 0) is 16.1 Å². The molecule has 1 N–H and O–H groups in total. The molecule has 0 saturated carbocycles. The van der Waals surface area contributed by atoms with Crippen LogP contribution < -0.4 is 25.2 Å². The summed E-state index contributed by atoms with van der Waals surface area (Å²) in [6.45, 7) is -0.500. The van der Waals surface area contributed by atoms with Crippen molar-refractivity contribution in [2.75, 3.05) is 27.9 Å². The maximum absolute atomic E-state index is 12.3. The second-order valence-electron chi connectivity index (χ2n) is 6.37. The van der Waals surface area contributed by atoms with Gasteiger partial charge in [-0.15, -0.1) is 0 Å². The monoisotopic (exact) mass is 427 g/mol. The number of amides is 1. The van der Waals surface area contributed by atoms with Crippen LogP contribution in [0.15, 0.2) is 51.7 Å². The van der Waals surface area contributed by atoms with Crippen molar-refractivity contribution in [3.05, 3.63) is 64.0 Å². The molecule has 0 radical (unpaired) electrons. The molecule has 2 aromatic carbocycles. The minimum absolute atomic E-state index is 0.153. The molecule has 1 aromatic heterocycles. The molecule has 9 nitrogen and oxygen atoms in total. The van der Waals surface area contributed by atoms with Gasteiger partial charge in [-0.05, 0) is 30.3 Å². The number of hydrogen-bond donors (Lipinski definition) is 1. The first-order valence-electron chi connectivity index (χ1n) is 9.21. The van der Waals surface area contributed by atoms with Gasteiger partial charge in [-0.2, -0.15) is 0 Å². The van der Waals surface area contributed by atoms with Gasteiger partial charge in [0.2, 0.25) is 0 Å². The molecule has 162 valence electrons. The van der Waals surface area contributed by atoms with Crippen molar-refractivity contribution in [1.29, 1.82) is 0 Å². The molecule has 0 atom stereocenters. The van der Waals surface area contributed by atoms with Crippen molar-refractivity contribution in [3.8, 4) is 17.2 Å². The maximum Gasteiger partial charge on any atom is 0.336 e. The van der Waals surface area contributed by atoms with Gasteiger partial charge in [-0.25, -0.2) is 4.79 Å². The van der Waals surface area contributed by atoms with Crippen molar-refractivity contribution < 1.29 is 33.0 Å². The van der Waals surface area contributed by atoms with Gasteiger partial charge in [0.25, 0.3) is 5.91 Å². The number of benzene rings is 2. The van der Waals surface area contributed by atoms with E-state index >= 15 is 0 Å². The highest BCUT2D eigenvalue weighted by Crippen LogP contribution is 2.27. The van der Waals surface area contributed by atoms with Crippen molar-refractivity contribution in [2.45, 2.75) is 6.61 Å². The van der Waals surface area contributed by atoms with Crippen molar-refractivity contribution in [2.24, 2.45) is 0 Å². The molecular formula is C22H21NO8. The van der Waals surface area contributed by atoms with Crippen LogP contribution in [0.3, 0.4) is 0 Å². The summed E-state index contributed by atoms with van der Waals surface area (Å²) >= 11 is 0. The Morgan fingerprint density at radius 1 is 0.935 bits per heavy atom. The second kappa shape index (κ2) is 9.66. The number of hydrogen-bond acceptors (Lipinski definition) is 8. The molecule has 0 aliphatic rings. The van der Waals surface area contributed by atoms with Crippen LogP contribution in [0.25, 0.3) is 11.0 Å². The Morgan fingerprint density at radius 3 is 2.42 bits per heavy atom. The average molecular weight is 427 g/mol. The van der Waals surface area contributed by atoms with Crippen molar-refractivity contribution in [1.82, 2.24) is 5.32 Å². The number of ether oxygens (including phenoxy) is 4. The van der Waals surface area contributed by atoms with Gasteiger partial charge >= 0.3 is 11.6 Å². The Kier molecular flexibility index (Phi) is 6.76. The fourth-order valence-electron chi connectivity index (χ4n) is 2.90. The average Bonchev–Trinajstić information content (AvgIpc) is 2.79. The molecule has 1 amide bonds. The topological polar surface area (TPSA) is 113 Å². The largest absolute Gasteiger partial charge is 0.497 e. The van der Waals surface area contributed by atoms with E-state index in [-0.39, 0.29) is 13.2 Å². The molecule has 3 aromatic rings. The van der Waals surface area contributed by atoms with Gasteiger partial charge in [0.1, 0.15) is 24.5 Å². The van der Waals surface area contributed by atoms with Crippen LogP contribution in [0.2, 0.25) is 0 Å². The highest BCUT2D eigenvalue weighted by molar-refractivity contribution is 5.96. The number of carbonyl (C=O) groups excluding carboxylic acids is 2. The van der Waals surface area contributed by atoms with Crippen molar-refractivity contribution >= 4 is 22.8 Å². The highest BCUT2D eigenvalue weighted by atomic mass is 16.5. The predicted octanol–water partition coefficient (Wildman–Crippen LogP) is 2.29. The zero-order valence-corrected chi connectivity index (χ0v) is 17.2. The molecule has 1 heterocycles. The summed E-state index contributed by atoms with van der Waals surface area (Å²) in [5.41, 5.74) is 0.521. The SMILES string of the molecule is COc1ccc2c(COC(=O)CNC(=O)c3ccc(OC)c(OC)c3)cc(=O)oc2c1. The van der Waals surface area contributed by atoms with E-state index in [0.717, 1.165) is 0 Å². The molecule has 3 rings (SSSR count). The summed E-state index contributed by atoms with van der Waals surface area (Å²) in [7, 11) is 4.45. The molecule has 0 spiro atoms. The van der Waals surface area contributed by atoms with Crippen molar-refractivity contribution in [3.63, 3.8) is 0 Å². The summed E-state index contributed by atoms with van der Waals surface area (Å²) in [5.74, 6) is 0.266. The zero-order chi connectivity index (χ0) is 22.4. The number of carbonyl (C=O) groups is 2. The third kappa shape index (κ3) is 5.13. The van der Waals surface area contributed by atoms with Gasteiger partial charge in [-0.1, -0.05) is 0 Å². The molecule has 0 aliphatic heterocycles. The molecule has 31 heavy (non-hydrogen) atoms. The standard InChI is InChI=1S/C22H21NO8/c1-27-15-5-6-16-14(9-20(24)31-18(16)10-15)12-30-21(25)11-23-22(26)13-4-7-17(28-2)19(8-13)29-3/h4-10H,11-12H2,1-3H3,(H,23,26). The van der Waals surface area contributed by atoms with Crippen LogP contribution in [0.1, 0.15) is 15.9 Å². The lowest BCUT2D eigenvalue weighted by Crippen LogP contribution is -2.30. The van der Waals surface area contributed by atoms with E-state index in [1.54, 1.807) is 30.3 Å². The lowest BCUT2D eigenvalue weighted by atomic mass is 10.1. The van der Waals surface area contributed by atoms with Crippen LogP contribution in [0.4, 0.5) is 0 Å². The van der Waals surface area contributed by atoms with Gasteiger partial charge in [-0.3, -0.25) is 9.59 Å². The quantitative estimate of drug-likeness (QED) is 0.430. The Labute approximate surface area is 177 Å². The highest BCUT2D eigenvalue weighted by Gasteiger charge is 2.14. The molecule has 9 heteroatoms. The van der Waals surface area contributed by atoms with Crippen LogP contribution in [0, 0.1) is 0 Å². The molecule has 0 aliphatic carbocycles. The number of rotatable bonds is 8. The van der Waals surface area contributed by atoms with E-state index in [1.165, 1.54) is 33.5 Å². The van der Waals surface area contributed by atoms with E-state index in [4.69, 9.17) is 23.4 Å². The minimum atomic E-state index is -0.663. The normalized spacial score (nSPS) is 10.4. The van der Waals surface area contributed by atoms with E-state index < -0.39 is 17.5 Å². The lowest BCUT2D eigenvalue weighted by Gasteiger charge is -2.10. The van der Waals surface area contributed by atoms with Gasteiger partial charge in [0, 0.05) is 28.6 Å². The second-order valence-corrected chi connectivity index (χ2v) is 6.37. The summed E-state index contributed by atoms with van der Waals surface area (Å²) in [6.07, 6.45) is 0. The minimum Gasteiger partial charge on any atom is -0.497 e. The van der Waals surface area contributed by atoms with Gasteiger partial charge in [0.15, 0.2) is 11.5 Å². The molecule has 0 saturated heterocycles. The first kappa shape index (κ1) is 21.7. The molecule has 0 unspecified atom stereocenters. The van der Waals surface area contributed by atoms with E-state index in [0.29, 0.717) is 39.3 Å². The first-order valence-corrected chi connectivity index (χ1v) is 9.21. The van der Waals surface area contributed by atoms with Gasteiger partial charge < -0.3 is 28.7 Å². The maximum atomic E-state index is 12.3.